The number of aromatic nitrogens is 2. The van der Waals surface area contributed by atoms with Gasteiger partial charge in [-0.25, -0.2) is 0 Å². The van der Waals surface area contributed by atoms with Crippen molar-refractivity contribution in [2.45, 2.75) is 26.2 Å². The van der Waals surface area contributed by atoms with Gasteiger partial charge in [0.15, 0.2) is 0 Å². The van der Waals surface area contributed by atoms with Crippen LogP contribution in [0, 0.1) is 0 Å². The third-order valence-corrected chi connectivity index (χ3v) is 2.76. The van der Waals surface area contributed by atoms with E-state index in [0.29, 0.717) is 0 Å². The number of nitrogens with zero attached hydrogens (tertiary/aromatic N) is 2. The summed E-state index contributed by atoms with van der Waals surface area (Å²) < 4.78 is 1.87. The summed E-state index contributed by atoms with van der Waals surface area (Å²) in [7, 11) is 1.95. The number of nitrogen functional groups attached to an aromatic ring is 1. The zero-order valence-corrected chi connectivity index (χ0v) is 10.9. The van der Waals surface area contributed by atoms with Crippen LogP contribution < -0.4 is 5.73 Å². The van der Waals surface area contributed by atoms with Crippen LogP contribution in [-0.2, 0) is 12.5 Å². The molecular formula is C14H19N3. The van der Waals surface area contributed by atoms with Crippen LogP contribution in [0.1, 0.15) is 26.5 Å². The van der Waals surface area contributed by atoms with Gasteiger partial charge in [-0.05, 0) is 17.7 Å². The number of aryl methyl sites for hydroxylation is 1. The summed E-state index contributed by atoms with van der Waals surface area (Å²) in [4.78, 5) is 0. The molecule has 0 fully saturated rings. The van der Waals surface area contributed by atoms with Gasteiger partial charge in [0.1, 0.15) is 0 Å². The van der Waals surface area contributed by atoms with Crippen LogP contribution in [0.15, 0.2) is 30.5 Å². The highest BCUT2D eigenvalue weighted by molar-refractivity contribution is 5.68. The van der Waals surface area contributed by atoms with Crippen LogP contribution in [0.2, 0.25) is 0 Å². The molecule has 0 aliphatic carbocycles. The predicted octanol–water partition coefficient (Wildman–Crippen LogP) is 2.97. The summed E-state index contributed by atoms with van der Waals surface area (Å²) in [5.41, 5.74) is 10.00. The van der Waals surface area contributed by atoms with Gasteiger partial charge in [-0.15, -0.1) is 0 Å². The molecule has 0 unspecified atom stereocenters. The van der Waals surface area contributed by atoms with Crippen LogP contribution in [0.25, 0.3) is 11.1 Å². The van der Waals surface area contributed by atoms with Crippen LogP contribution in [0.5, 0.6) is 0 Å². The zero-order valence-electron chi connectivity index (χ0n) is 10.9. The summed E-state index contributed by atoms with van der Waals surface area (Å²) in [6, 6.07) is 7.94. The monoisotopic (exact) mass is 229 g/mol. The number of rotatable bonds is 1. The fraction of sp³-hybridized carbons (Fsp3) is 0.357. The molecule has 1 aromatic carbocycles. The minimum atomic E-state index is 0.0397. The standard InChI is InChI=1S/C14H19N3/c1-14(2,3)13-12(9-17(4)16-13)10-5-7-11(15)8-6-10/h5-9H,15H2,1-4H3. The first-order chi connectivity index (χ1) is 7.88. The second kappa shape index (κ2) is 3.91. The fourth-order valence-corrected chi connectivity index (χ4v) is 1.92. The van der Waals surface area contributed by atoms with Crippen molar-refractivity contribution in [1.82, 2.24) is 9.78 Å². The Kier molecular flexibility index (Phi) is 2.69. The Morgan fingerprint density at radius 1 is 1.12 bits per heavy atom. The Labute approximate surface area is 102 Å². The molecule has 1 heterocycles. The van der Waals surface area contributed by atoms with E-state index in [1.165, 1.54) is 5.56 Å². The molecule has 0 aliphatic rings. The summed E-state index contributed by atoms with van der Waals surface area (Å²) >= 11 is 0. The minimum Gasteiger partial charge on any atom is -0.399 e. The van der Waals surface area contributed by atoms with Gasteiger partial charge in [0.2, 0.25) is 0 Å². The number of hydrogen-bond donors (Lipinski definition) is 1. The van der Waals surface area contributed by atoms with E-state index in [4.69, 9.17) is 5.73 Å². The zero-order chi connectivity index (χ0) is 12.6. The lowest BCUT2D eigenvalue weighted by molar-refractivity contribution is 0.554. The Hall–Kier alpha value is -1.77. The topological polar surface area (TPSA) is 43.8 Å². The lowest BCUT2D eigenvalue weighted by Gasteiger charge is -2.17. The van der Waals surface area contributed by atoms with E-state index in [-0.39, 0.29) is 5.41 Å². The molecule has 0 aliphatic heterocycles. The van der Waals surface area contributed by atoms with Crippen molar-refractivity contribution in [3.63, 3.8) is 0 Å². The molecule has 2 N–H and O–H groups in total. The smallest absolute Gasteiger partial charge is 0.0756 e. The molecular weight excluding hydrogens is 210 g/mol. The van der Waals surface area contributed by atoms with Crippen molar-refractivity contribution in [2.75, 3.05) is 5.73 Å². The lowest BCUT2D eigenvalue weighted by Crippen LogP contribution is -2.13. The van der Waals surface area contributed by atoms with Gasteiger partial charge in [0.25, 0.3) is 0 Å². The van der Waals surface area contributed by atoms with E-state index in [1.807, 2.05) is 36.0 Å². The molecule has 2 rings (SSSR count). The average molecular weight is 229 g/mol. The van der Waals surface area contributed by atoms with Crippen molar-refractivity contribution in [2.24, 2.45) is 7.05 Å². The maximum Gasteiger partial charge on any atom is 0.0756 e. The van der Waals surface area contributed by atoms with Crippen LogP contribution in [-0.4, -0.2) is 9.78 Å². The summed E-state index contributed by atoms with van der Waals surface area (Å²) in [5, 5.41) is 4.57. The molecule has 2 aromatic rings. The largest absolute Gasteiger partial charge is 0.399 e. The molecule has 3 heteroatoms. The van der Waals surface area contributed by atoms with E-state index >= 15 is 0 Å². The van der Waals surface area contributed by atoms with Crippen LogP contribution in [0.4, 0.5) is 5.69 Å². The predicted molar refractivity (Wildman–Crippen MR) is 71.8 cm³/mol. The van der Waals surface area contributed by atoms with E-state index < -0.39 is 0 Å². The van der Waals surface area contributed by atoms with Crippen molar-refractivity contribution in [3.8, 4) is 11.1 Å². The van der Waals surface area contributed by atoms with Crippen molar-refractivity contribution < 1.29 is 0 Å². The van der Waals surface area contributed by atoms with Gasteiger partial charge in [-0.1, -0.05) is 32.9 Å². The first-order valence-electron chi connectivity index (χ1n) is 5.78. The number of nitrogens with two attached hydrogens (primary N) is 1. The quantitative estimate of drug-likeness (QED) is 0.764. The van der Waals surface area contributed by atoms with Crippen molar-refractivity contribution >= 4 is 5.69 Å². The lowest BCUT2D eigenvalue weighted by atomic mass is 9.87. The highest BCUT2D eigenvalue weighted by Crippen LogP contribution is 2.31. The van der Waals surface area contributed by atoms with E-state index in [9.17, 15) is 0 Å². The molecule has 0 bridgehead atoms. The second-order valence-electron chi connectivity index (χ2n) is 5.44. The van der Waals surface area contributed by atoms with Gasteiger partial charge < -0.3 is 5.73 Å². The molecule has 0 amide bonds. The third-order valence-electron chi connectivity index (χ3n) is 2.76. The Bertz CT molecular complexity index is 515. The van der Waals surface area contributed by atoms with Gasteiger partial charge in [0, 0.05) is 29.9 Å². The molecule has 17 heavy (non-hydrogen) atoms. The fourth-order valence-electron chi connectivity index (χ4n) is 1.92. The van der Waals surface area contributed by atoms with E-state index in [0.717, 1.165) is 16.9 Å². The third kappa shape index (κ3) is 2.33. The average Bonchev–Trinajstić information content (AvgIpc) is 2.61. The second-order valence-corrected chi connectivity index (χ2v) is 5.44. The van der Waals surface area contributed by atoms with Crippen molar-refractivity contribution in [1.29, 1.82) is 0 Å². The molecule has 0 saturated heterocycles. The van der Waals surface area contributed by atoms with E-state index in [1.54, 1.807) is 0 Å². The molecule has 0 spiro atoms. The summed E-state index contributed by atoms with van der Waals surface area (Å²) in [5.74, 6) is 0. The van der Waals surface area contributed by atoms with Gasteiger partial charge in [0.05, 0.1) is 5.69 Å². The van der Waals surface area contributed by atoms with Gasteiger partial charge >= 0.3 is 0 Å². The molecule has 0 atom stereocenters. The molecule has 90 valence electrons. The Balaban J connectivity index is 2.55. The molecule has 1 aromatic heterocycles. The van der Waals surface area contributed by atoms with Crippen LogP contribution >= 0.6 is 0 Å². The Morgan fingerprint density at radius 3 is 2.24 bits per heavy atom. The van der Waals surface area contributed by atoms with Crippen molar-refractivity contribution in [3.05, 3.63) is 36.2 Å². The molecule has 0 saturated carbocycles. The number of benzene rings is 1. The van der Waals surface area contributed by atoms with Gasteiger partial charge in [-0.3, -0.25) is 4.68 Å². The summed E-state index contributed by atoms with van der Waals surface area (Å²) in [6.07, 6.45) is 2.06. The highest BCUT2D eigenvalue weighted by atomic mass is 15.3. The van der Waals surface area contributed by atoms with Gasteiger partial charge in [-0.2, -0.15) is 5.10 Å². The number of hydrogen-bond acceptors (Lipinski definition) is 2. The van der Waals surface area contributed by atoms with E-state index in [2.05, 4.69) is 32.1 Å². The first-order valence-corrected chi connectivity index (χ1v) is 5.78. The highest BCUT2D eigenvalue weighted by Gasteiger charge is 2.22. The molecule has 0 radical (unpaired) electrons. The Morgan fingerprint density at radius 2 is 1.71 bits per heavy atom. The number of anilines is 1. The molecule has 3 nitrogen and oxygen atoms in total. The maximum absolute atomic E-state index is 5.71. The SMILES string of the molecule is Cn1cc(-c2ccc(N)cc2)c(C(C)(C)C)n1. The van der Waals surface area contributed by atoms with Crippen LogP contribution in [0.3, 0.4) is 0 Å². The first kappa shape index (κ1) is 11.7. The minimum absolute atomic E-state index is 0.0397. The normalized spacial score (nSPS) is 11.8. The summed E-state index contributed by atoms with van der Waals surface area (Å²) in [6.45, 7) is 6.53. The maximum atomic E-state index is 5.71.